The van der Waals surface area contributed by atoms with Crippen LogP contribution in [0.5, 0.6) is 5.75 Å². The number of fused-ring (bicyclic) bond motifs is 1. The minimum absolute atomic E-state index is 0.0277. The molecule has 0 saturated carbocycles. The van der Waals surface area contributed by atoms with Crippen molar-refractivity contribution < 1.29 is 14.3 Å². The number of amides is 1. The Labute approximate surface area is 99.3 Å². The van der Waals surface area contributed by atoms with Crippen LogP contribution in [0.2, 0.25) is 0 Å². The molecule has 1 fully saturated rings. The SMILES string of the molecule is CN1C(=O)COc2ccc(C3CNCO3)cc21. The molecular formula is C12H14N2O3. The number of carbonyl (C=O) groups is 1. The van der Waals surface area contributed by atoms with E-state index in [0.717, 1.165) is 23.5 Å². The Morgan fingerprint density at radius 1 is 1.47 bits per heavy atom. The molecule has 17 heavy (non-hydrogen) atoms. The Balaban J connectivity index is 1.96. The molecule has 1 amide bonds. The van der Waals surface area contributed by atoms with Gasteiger partial charge in [-0.3, -0.25) is 10.1 Å². The summed E-state index contributed by atoms with van der Waals surface area (Å²) in [6.45, 7) is 1.49. The van der Waals surface area contributed by atoms with Crippen molar-refractivity contribution in [3.8, 4) is 5.75 Å². The fourth-order valence-corrected chi connectivity index (χ4v) is 2.11. The lowest BCUT2D eigenvalue weighted by Crippen LogP contribution is -2.35. The monoisotopic (exact) mass is 234 g/mol. The van der Waals surface area contributed by atoms with Gasteiger partial charge in [-0.05, 0) is 17.7 Å². The number of benzene rings is 1. The molecule has 1 saturated heterocycles. The van der Waals surface area contributed by atoms with Crippen LogP contribution in [0.15, 0.2) is 18.2 Å². The van der Waals surface area contributed by atoms with Crippen molar-refractivity contribution in [2.45, 2.75) is 6.10 Å². The first-order chi connectivity index (χ1) is 8.25. The average molecular weight is 234 g/mol. The molecule has 2 aliphatic rings. The molecule has 90 valence electrons. The van der Waals surface area contributed by atoms with Gasteiger partial charge in [0, 0.05) is 13.6 Å². The minimum Gasteiger partial charge on any atom is -0.482 e. The van der Waals surface area contributed by atoms with E-state index >= 15 is 0 Å². The normalized spacial score (nSPS) is 23.5. The summed E-state index contributed by atoms with van der Waals surface area (Å²) in [6, 6.07) is 5.85. The van der Waals surface area contributed by atoms with Crippen LogP contribution < -0.4 is 15.0 Å². The second kappa shape index (κ2) is 4.01. The zero-order valence-corrected chi connectivity index (χ0v) is 9.60. The summed E-state index contributed by atoms with van der Waals surface area (Å²) >= 11 is 0. The van der Waals surface area contributed by atoms with Crippen LogP contribution in [0.1, 0.15) is 11.7 Å². The highest BCUT2D eigenvalue weighted by atomic mass is 16.5. The second-order valence-corrected chi connectivity index (χ2v) is 4.22. The summed E-state index contributed by atoms with van der Waals surface area (Å²) in [5.74, 6) is 0.724. The van der Waals surface area contributed by atoms with E-state index < -0.39 is 0 Å². The highest BCUT2D eigenvalue weighted by molar-refractivity contribution is 5.97. The van der Waals surface area contributed by atoms with Gasteiger partial charge < -0.3 is 14.4 Å². The van der Waals surface area contributed by atoms with Gasteiger partial charge in [0.25, 0.3) is 5.91 Å². The molecular weight excluding hydrogens is 220 g/mol. The molecule has 0 spiro atoms. The van der Waals surface area contributed by atoms with E-state index in [1.54, 1.807) is 11.9 Å². The third-order valence-corrected chi connectivity index (χ3v) is 3.16. The summed E-state index contributed by atoms with van der Waals surface area (Å²) < 4.78 is 10.9. The third-order valence-electron chi connectivity index (χ3n) is 3.16. The average Bonchev–Trinajstić information content (AvgIpc) is 2.87. The smallest absolute Gasteiger partial charge is 0.264 e. The molecule has 5 heteroatoms. The number of anilines is 1. The molecule has 0 aromatic heterocycles. The maximum atomic E-state index is 11.5. The van der Waals surface area contributed by atoms with E-state index in [9.17, 15) is 4.79 Å². The molecule has 2 heterocycles. The maximum absolute atomic E-state index is 11.5. The molecule has 1 aromatic rings. The summed E-state index contributed by atoms with van der Waals surface area (Å²) in [7, 11) is 1.77. The maximum Gasteiger partial charge on any atom is 0.264 e. The summed E-state index contributed by atoms with van der Waals surface area (Å²) in [4.78, 5) is 13.2. The van der Waals surface area contributed by atoms with Gasteiger partial charge in [0.05, 0.1) is 18.5 Å². The topological polar surface area (TPSA) is 50.8 Å². The predicted molar refractivity (Wildman–Crippen MR) is 62.0 cm³/mol. The quantitative estimate of drug-likeness (QED) is 0.775. The minimum atomic E-state index is -0.0277. The molecule has 0 aliphatic carbocycles. The van der Waals surface area contributed by atoms with Crippen molar-refractivity contribution in [2.75, 3.05) is 31.8 Å². The molecule has 1 atom stereocenters. The number of likely N-dealkylation sites (N-methyl/N-ethyl adjacent to an activating group) is 1. The van der Waals surface area contributed by atoms with E-state index in [0.29, 0.717) is 6.73 Å². The molecule has 3 rings (SSSR count). The zero-order chi connectivity index (χ0) is 11.8. The van der Waals surface area contributed by atoms with Crippen molar-refractivity contribution in [1.29, 1.82) is 0 Å². The first kappa shape index (κ1) is 10.6. The molecule has 0 radical (unpaired) electrons. The number of rotatable bonds is 1. The lowest BCUT2D eigenvalue weighted by molar-refractivity contribution is -0.120. The lowest BCUT2D eigenvalue weighted by Gasteiger charge is -2.26. The van der Waals surface area contributed by atoms with E-state index in [4.69, 9.17) is 9.47 Å². The molecule has 1 N–H and O–H groups in total. The standard InChI is InChI=1S/C12H14N2O3/c1-14-9-4-8(11-5-13-7-17-11)2-3-10(9)16-6-12(14)15/h2-4,11,13H,5-7H2,1H3. The predicted octanol–water partition coefficient (Wildman–Crippen LogP) is 0.660. The summed E-state index contributed by atoms with van der Waals surface area (Å²) in [5, 5.41) is 3.14. The Morgan fingerprint density at radius 2 is 2.35 bits per heavy atom. The first-order valence-electron chi connectivity index (χ1n) is 5.61. The highest BCUT2D eigenvalue weighted by Crippen LogP contribution is 2.34. The van der Waals surface area contributed by atoms with Crippen LogP contribution in [-0.4, -0.2) is 32.8 Å². The van der Waals surface area contributed by atoms with Crippen molar-refractivity contribution in [3.63, 3.8) is 0 Å². The number of carbonyl (C=O) groups excluding carboxylic acids is 1. The van der Waals surface area contributed by atoms with Gasteiger partial charge in [0.15, 0.2) is 6.61 Å². The fourth-order valence-electron chi connectivity index (χ4n) is 2.11. The van der Waals surface area contributed by atoms with Gasteiger partial charge in [0.1, 0.15) is 5.75 Å². The Morgan fingerprint density at radius 3 is 3.12 bits per heavy atom. The summed E-state index contributed by atoms with van der Waals surface area (Å²) in [6.07, 6.45) is 0.0609. The van der Waals surface area contributed by atoms with Gasteiger partial charge >= 0.3 is 0 Å². The number of ether oxygens (including phenoxy) is 2. The van der Waals surface area contributed by atoms with Gasteiger partial charge in [-0.1, -0.05) is 6.07 Å². The first-order valence-corrected chi connectivity index (χ1v) is 5.61. The zero-order valence-electron chi connectivity index (χ0n) is 9.60. The Bertz CT molecular complexity index is 455. The number of nitrogens with zero attached hydrogens (tertiary/aromatic N) is 1. The fraction of sp³-hybridized carbons (Fsp3) is 0.417. The lowest BCUT2D eigenvalue weighted by atomic mass is 10.1. The van der Waals surface area contributed by atoms with E-state index in [-0.39, 0.29) is 18.6 Å². The van der Waals surface area contributed by atoms with Crippen molar-refractivity contribution >= 4 is 11.6 Å². The van der Waals surface area contributed by atoms with Crippen LogP contribution in [0.25, 0.3) is 0 Å². The second-order valence-electron chi connectivity index (χ2n) is 4.22. The number of nitrogens with one attached hydrogen (secondary N) is 1. The van der Waals surface area contributed by atoms with Crippen molar-refractivity contribution in [2.24, 2.45) is 0 Å². The van der Waals surface area contributed by atoms with Crippen LogP contribution in [0, 0.1) is 0 Å². The van der Waals surface area contributed by atoms with Gasteiger partial charge in [-0.15, -0.1) is 0 Å². The van der Waals surface area contributed by atoms with Crippen molar-refractivity contribution in [3.05, 3.63) is 23.8 Å². The van der Waals surface area contributed by atoms with E-state index in [1.165, 1.54) is 0 Å². The van der Waals surface area contributed by atoms with E-state index in [1.807, 2.05) is 18.2 Å². The van der Waals surface area contributed by atoms with Gasteiger partial charge in [0.2, 0.25) is 0 Å². The number of hydrogen-bond donors (Lipinski definition) is 1. The van der Waals surface area contributed by atoms with Crippen LogP contribution >= 0.6 is 0 Å². The van der Waals surface area contributed by atoms with Crippen LogP contribution in [-0.2, 0) is 9.53 Å². The highest BCUT2D eigenvalue weighted by Gasteiger charge is 2.25. The van der Waals surface area contributed by atoms with E-state index in [2.05, 4.69) is 5.32 Å². The van der Waals surface area contributed by atoms with Gasteiger partial charge in [-0.2, -0.15) is 0 Å². The third kappa shape index (κ3) is 1.77. The Kier molecular flexibility index (Phi) is 2.49. The van der Waals surface area contributed by atoms with Crippen LogP contribution in [0.3, 0.4) is 0 Å². The van der Waals surface area contributed by atoms with Gasteiger partial charge in [-0.25, -0.2) is 0 Å². The molecule has 5 nitrogen and oxygen atoms in total. The molecule has 2 aliphatic heterocycles. The van der Waals surface area contributed by atoms with Crippen molar-refractivity contribution in [1.82, 2.24) is 5.32 Å². The van der Waals surface area contributed by atoms with Crippen LogP contribution in [0.4, 0.5) is 5.69 Å². The number of hydrogen-bond acceptors (Lipinski definition) is 4. The summed E-state index contributed by atoms with van der Waals surface area (Å²) in [5.41, 5.74) is 1.88. The Hall–Kier alpha value is -1.59. The molecule has 1 unspecified atom stereocenters. The molecule has 0 bridgehead atoms. The largest absolute Gasteiger partial charge is 0.482 e. The molecule has 1 aromatic carbocycles.